The smallest absolute Gasteiger partial charge is 0.410 e. The predicted molar refractivity (Wildman–Crippen MR) is 106 cm³/mol. The number of carbonyl (C=O) groups is 2. The topological polar surface area (TPSA) is 76.1 Å². The van der Waals surface area contributed by atoms with Crippen molar-refractivity contribution in [1.29, 1.82) is 0 Å². The summed E-state index contributed by atoms with van der Waals surface area (Å²) in [5.41, 5.74) is 4.48. The SMILES string of the molecule is C#CCO[C@H]1CCN(C(=O)OCC2c3ccccc3-c3ccccc32)[C@@H]1C(=O)O. The second-order valence-electron chi connectivity index (χ2n) is 7.12. The molecule has 1 fully saturated rings. The van der Waals surface area contributed by atoms with E-state index in [-0.39, 0.29) is 25.7 Å². The van der Waals surface area contributed by atoms with Gasteiger partial charge in [-0.15, -0.1) is 6.42 Å². The van der Waals surface area contributed by atoms with Gasteiger partial charge in [-0.2, -0.15) is 0 Å². The maximum absolute atomic E-state index is 12.7. The number of carbonyl (C=O) groups excluding carboxylic acids is 1. The molecule has 6 nitrogen and oxygen atoms in total. The number of hydrogen-bond acceptors (Lipinski definition) is 4. The summed E-state index contributed by atoms with van der Waals surface area (Å²) in [5.74, 6) is 1.12. The molecular formula is C23H21NO5. The molecule has 0 aromatic heterocycles. The van der Waals surface area contributed by atoms with E-state index < -0.39 is 24.2 Å². The first-order valence-electron chi connectivity index (χ1n) is 9.51. The Balaban J connectivity index is 1.49. The molecule has 0 radical (unpaired) electrons. The van der Waals surface area contributed by atoms with E-state index in [9.17, 15) is 14.7 Å². The summed E-state index contributed by atoms with van der Waals surface area (Å²) in [7, 11) is 0. The van der Waals surface area contributed by atoms with Gasteiger partial charge in [0, 0.05) is 12.5 Å². The Kier molecular flexibility index (Phi) is 5.24. The quantitative estimate of drug-likeness (QED) is 0.793. The van der Waals surface area contributed by atoms with E-state index in [1.54, 1.807) is 0 Å². The first kappa shape index (κ1) is 19.0. The molecule has 0 unspecified atom stereocenters. The molecule has 6 heteroatoms. The second-order valence-corrected chi connectivity index (χ2v) is 7.12. The van der Waals surface area contributed by atoms with Crippen molar-refractivity contribution in [2.24, 2.45) is 0 Å². The Hall–Kier alpha value is -3.30. The Morgan fingerprint density at radius 1 is 1.10 bits per heavy atom. The van der Waals surface area contributed by atoms with E-state index in [4.69, 9.17) is 15.9 Å². The summed E-state index contributed by atoms with van der Waals surface area (Å²) in [4.78, 5) is 25.6. The standard InChI is InChI=1S/C23H21NO5/c1-2-13-28-20-11-12-24(21(20)22(25)26)23(27)29-14-19-17-9-5-3-7-15(17)16-8-4-6-10-18(16)19/h1,3-10,19-21H,11-14H2,(H,25,26)/t20-,21-/m0/s1. The highest BCUT2D eigenvalue weighted by molar-refractivity contribution is 5.82. The van der Waals surface area contributed by atoms with Crippen molar-refractivity contribution in [3.05, 3.63) is 59.7 Å². The first-order valence-corrected chi connectivity index (χ1v) is 9.51. The maximum atomic E-state index is 12.7. The number of aliphatic carboxylic acids is 1. The highest BCUT2D eigenvalue weighted by Gasteiger charge is 2.44. The van der Waals surface area contributed by atoms with E-state index in [0.29, 0.717) is 6.42 Å². The van der Waals surface area contributed by atoms with Crippen LogP contribution in [-0.4, -0.2) is 54.0 Å². The number of carboxylic acid groups (broad SMARTS) is 1. The van der Waals surface area contributed by atoms with Crippen molar-refractivity contribution in [3.8, 4) is 23.5 Å². The lowest BCUT2D eigenvalue weighted by molar-refractivity contribution is -0.145. The van der Waals surface area contributed by atoms with Crippen molar-refractivity contribution in [1.82, 2.24) is 4.90 Å². The molecule has 0 saturated carbocycles. The van der Waals surface area contributed by atoms with Crippen molar-refractivity contribution in [2.75, 3.05) is 19.8 Å². The number of terminal acetylenes is 1. The van der Waals surface area contributed by atoms with Crippen LogP contribution >= 0.6 is 0 Å². The maximum Gasteiger partial charge on any atom is 0.410 e. The normalized spacial score (nSPS) is 20.0. The van der Waals surface area contributed by atoms with Crippen LogP contribution < -0.4 is 0 Å². The lowest BCUT2D eigenvalue weighted by Gasteiger charge is -2.24. The minimum atomic E-state index is -1.13. The van der Waals surface area contributed by atoms with Gasteiger partial charge < -0.3 is 14.6 Å². The Bertz CT molecular complexity index is 934. The first-order chi connectivity index (χ1) is 14.1. The summed E-state index contributed by atoms with van der Waals surface area (Å²) >= 11 is 0. The van der Waals surface area contributed by atoms with Crippen LogP contribution in [0.4, 0.5) is 4.79 Å². The highest BCUT2D eigenvalue weighted by Crippen LogP contribution is 2.44. The fraction of sp³-hybridized carbons (Fsp3) is 0.304. The Morgan fingerprint density at radius 3 is 2.31 bits per heavy atom. The molecule has 2 aliphatic rings. The van der Waals surface area contributed by atoms with Crippen molar-refractivity contribution < 1.29 is 24.2 Å². The summed E-state index contributed by atoms with van der Waals surface area (Å²) < 4.78 is 11.0. The Labute approximate surface area is 169 Å². The molecule has 4 rings (SSSR count). The lowest BCUT2D eigenvalue weighted by atomic mass is 9.98. The molecule has 1 aliphatic carbocycles. The number of fused-ring (bicyclic) bond motifs is 3. The fourth-order valence-corrected chi connectivity index (χ4v) is 4.27. The lowest BCUT2D eigenvalue weighted by Crippen LogP contribution is -2.46. The molecule has 1 heterocycles. The minimum absolute atomic E-state index is 0.00692. The van der Waals surface area contributed by atoms with Gasteiger partial charge in [0.1, 0.15) is 13.2 Å². The number of hydrogen-bond donors (Lipinski definition) is 1. The molecule has 0 spiro atoms. The van der Waals surface area contributed by atoms with Crippen LogP contribution in [0.2, 0.25) is 0 Å². The molecule has 2 aromatic carbocycles. The van der Waals surface area contributed by atoms with Gasteiger partial charge in [0.25, 0.3) is 0 Å². The average Bonchev–Trinajstić information content (AvgIpc) is 3.30. The van der Waals surface area contributed by atoms with E-state index in [1.807, 2.05) is 36.4 Å². The third-order valence-electron chi connectivity index (χ3n) is 5.55. The van der Waals surface area contributed by atoms with Gasteiger partial charge >= 0.3 is 12.1 Å². The summed E-state index contributed by atoms with van der Waals surface area (Å²) in [6, 6.07) is 15.0. The molecule has 0 bridgehead atoms. The van der Waals surface area contributed by atoms with Gasteiger partial charge in [0.2, 0.25) is 0 Å². The van der Waals surface area contributed by atoms with Gasteiger partial charge in [-0.3, -0.25) is 4.90 Å². The van der Waals surface area contributed by atoms with Gasteiger partial charge in [0.15, 0.2) is 6.04 Å². The molecule has 1 N–H and O–H groups in total. The van der Waals surface area contributed by atoms with Crippen LogP contribution in [0.3, 0.4) is 0 Å². The monoisotopic (exact) mass is 391 g/mol. The van der Waals surface area contributed by atoms with Crippen LogP contribution in [0.25, 0.3) is 11.1 Å². The van der Waals surface area contributed by atoms with Gasteiger partial charge in [-0.05, 0) is 28.7 Å². The van der Waals surface area contributed by atoms with Gasteiger partial charge in [0.05, 0.1) is 6.10 Å². The second kappa shape index (κ2) is 7.98. The van der Waals surface area contributed by atoms with Gasteiger partial charge in [-0.25, -0.2) is 9.59 Å². The van der Waals surface area contributed by atoms with E-state index in [2.05, 4.69) is 18.1 Å². The van der Waals surface area contributed by atoms with E-state index in [1.165, 1.54) is 4.90 Å². The zero-order valence-corrected chi connectivity index (χ0v) is 15.8. The number of carboxylic acids is 1. The summed E-state index contributed by atoms with van der Waals surface area (Å²) in [5, 5.41) is 9.56. The van der Waals surface area contributed by atoms with Crippen molar-refractivity contribution >= 4 is 12.1 Å². The fourth-order valence-electron chi connectivity index (χ4n) is 4.27. The predicted octanol–water partition coefficient (Wildman–Crippen LogP) is 3.11. The van der Waals surface area contributed by atoms with Crippen LogP contribution in [0, 0.1) is 12.3 Å². The van der Waals surface area contributed by atoms with Crippen LogP contribution in [-0.2, 0) is 14.3 Å². The van der Waals surface area contributed by atoms with Crippen molar-refractivity contribution in [2.45, 2.75) is 24.5 Å². The van der Waals surface area contributed by atoms with Gasteiger partial charge in [-0.1, -0.05) is 54.5 Å². The molecule has 1 aliphatic heterocycles. The molecule has 29 heavy (non-hydrogen) atoms. The number of benzene rings is 2. The summed E-state index contributed by atoms with van der Waals surface area (Å²) in [6.45, 7) is 0.404. The molecule has 2 atom stereocenters. The number of rotatable bonds is 5. The number of likely N-dealkylation sites (tertiary alicyclic amines) is 1. The minimum Gasteiger partial charge on any atom is -0.480 e. The third kappa shape index (κ3) is 3.45. The molecular weight excluding hydrogens is 370 g/mol. The molecule has 1 saturated heterocycles. The number of nitrogens with zero attached hydrogens (tertiary/aromatic N) is 1. The zero-order valence-electron chi connectivity index (χ0n) is 15.8. The third-order valence-corrected chi connectivity index (χ3v) is 5.55. The average molecular weight is 391 g/mol. The highest BCUT2D eigenvalue weighted by atomic mass is 16.6. The van der Waals surface area contributed by atoms with Crippen LogP contribution in [0.1, 0.15) is 23.5 Å². The zero-order chi connectivity index (χ0) is 20.4. The largest absolute Gasteiger partial charge is 0.480 e. The Morgan fingerprint density at radius 2 is 1.72 bits per heavy atom. The van der Waals surface area contributed by atoms with Crippen molar-refractivity contribution in [3.63, 3.8) is 0 Å². The van der Waals surface area contributed by atoms with E-state index in [0.717, 1.165) is 22.3 Å². The van der Waals surface area contributed by atoms with Crippen LogP contribution in [0.15, 0.2) is 48.5 Å². The number of amides is 1. The van der Waals surface area contributed by atoms with E-state index >= 15 is 0 Å². The number of ether oxygens (including phenoxy) is 2. The molecule has 148 valence electrons. The molecule has 2 aromatic rings. The van der Waals surface area contributed by atoms with Crippen LogP contribution in [0.5, 0.6) is 0 Å². The summed E-state index contributed by atoms with van der Waals surface area (Å²) in [6.07, 6.45) is 4.31. The molecule has 1 amide bonds.